The third-order valence-corrected chi connectivity index (χ3v) is 4.72. The molecule has 1 heterocycles. The topological polar surface area (TPSA) is 20.3 Å². The fourth-order valence-electron chi connectivity index (χ4n) is 2.19. The van der Waals surface area contributed by atoms with E-state index in [0.717, 1.165) is 18.0 Å². The van der Waals surface area contributed by atoms with E-state index < -0.39 is 0 Å². The lowest BCUT2D eigenvalue weighted by Gasteiger charge is -2.34. The van der Waals surface area contributed by atoms with Crippen molar-refractivity contribution in [2.75, 3.05) is 13.1 Å². The molecule has 98 valence electrons. The van der Waals surface area contributed by atoms with Crippen molar-refractivity contribution in [1.82, 2.24) is 4.90 Å². The lowest BCUT2D eigenvalue weighted by molar-refractivity contribution is 0.0753. The zero-order chi connectivity index (χ0) is 13.3. The van der Waals surface area contributed by atoms with Gasteiger partial charge < -0.3 is 4.90 Å². The SMILES string of the molecule is CC1CN(C(=O)c2cc(S)ccc2Cl)CC(C)S1. The van der Waals surface area contributed by atoms with Crippen LogP contribution in [-0.4, -0.2) is 34.4 Å². The molecule has 0 saturated carbocycles. The quantitative estimate of drug-likeness (QED) is 0.800. The largest absolute Gasteiger partial charge is 0.336 e. The van der Waals surface area contributed by atoms with Gasteiger partial charge in [0.15, 0.2) is 0 Å². The molecule has 2 nitrogen and oxygen atoms in total. The van der Waals surface area contributed by atoms with Gasteiger partial charge in [-0.1, -0.05) is 25.4 Å². The third-order valence-electron chi connectivity index (χ3n) is 2.89. The molecule has 1 aliphatic rings. The molecule has 0 aliphatic carbocycles. The molecule has 5 heteroatoms. The van der Waals surface area contributed by atoms with Crippen molar-refractivity contribution in [1.29, 1.82) is 0 Å². The fraction of sp³-hybridized carbons (Fsp3) is 0.462. The average molecular weight is 302 g/mol. The van der Waals surface area contributed by atoms with E-state index in [0.29, 0.717) is 21.1 Å². The van der Waals surface area contributed by atoms with Crippen molar-refractivity contribution in [3.8, 4) is 0 Å². The first kappa shape index (κ1) is 14.1. The molecule has 0 radical (unpaired) electrons. The summed E-state index contributed by atoms with van der Waals surface area (Å²) in [5.41, 5.74) is 0.551. The van der Waals surface area contributed by atoms with Crippen LogP contribution in [0.1, 0.15) is 24.2 Å². The summed E-state index contributed by atoms with van der Waals surface area (Å²) in [5.74, 6) is 0.00917. The maximum absolute atomic E-state index is 12.5. The predicted molar refractivity (Wildman–Crippen MR) is 81.1 cm³/mol. The van der Waals surface area contributed by atoms with Crippen LogP contribution in [0, 0.1) is 0 Å². The van der Waals surface area contributed by atoms with Gasteiger partial charge in [0, 0.05) is 28.5 Å². The minimum Gasteiger partial charge on any atom is -0.336 e. The van der Waals surface area contributed by atoms with Crippen molar-refractivity contribution < 1.29 is 4.79 Å². The van der Waals surface area contributed by atoms with Crippen LogP contribution in [0.4, 0.5) is 0 Å². The van der Waals surface area contributed by atoms with Gasteiger partial charge in [-0.3, -0.25) is 4.79 Å². The van der Waals surface area contributed by atoms with Crippen LogP contribution in [0.25, 0.3) is 0 Å². The maximum Gasteiger partial charge on any atom is 0.255 e. The van der Waals surface area contributed by atoms with E-state index in [2.05, 4.69) is 26.5 Å². The van der Waals surface area contributed by atoms with Gasteiger partial charge >= 0.3 is 0 Å². The summed E-state index contributed by atoms with van der Waals surface area (Å²) >= 11 is 12.3. The van der Waals surface area contributed by atoms with Crippen molar-refractivity contribution >= 4 is 41.9 Å². The molecule has 2 atom stereocenters. The van der Waals surface area contributed by atoms with Crippen molar-refractivity contribution in [3.05, 3.63) is 28.8 Å². The first-order valence-corrected chi connectivity index (χ1v) is 7.67. The Kier molecular flexibility index (Phi) is 4.51. The van der Waals surface area contributed by atoms with Crippen LogP contribution in [0.2, 0.25) is 5.02 Å². The smallest absolute Gasteiger partial charge is 0.255 e. The van der Waals surface area contributed by atoms with E-state index in [9.17, 15) is 4.79 Å². The molecule has 0 bridgehead atoms. The number of carbonyl (C=O) groups excluding carboxylic acids is 1. The minimum atomic E-state index is 0.00917. The molecule has 1 aromatic rings. The molecule has 18 heavy (non-hydrogen) atoms. The van der Waals surface area contributed by atoms with E-state index in [1.165, 1.54) is 0 Å². The van der Waals surface area contributed by atoms with Crippen molar-refractivity contribution in [2.45, 2.75) is 29.2 Å². The van der Waals surface area contributed by atoms with Crippen molar-refractivity contribution in [2.24, 2.45) is 0 Å². The number of thiol groups is 1. The Morgan fingerprint density at radius 3 is 2.61 bits per heavy atom. The zero-order valence-corrected chi connectivity index (χ0v) is 12.9. The molecular weight excluding hydrogens is 286 g/mol. The Balaban J connectivity index is 2.22. The summed E-state index contributed by atoms with van der Waals surface area (Å²) in [7, 11) is 0. The maximum atomic E-state index is 12.5. The van der Waals surface area contributed by atoms with Gasteiger partial charge in [0.05, 0.1) is 10.6 Å². The number of thioether (sulfide) groups is 1. The summed E-state index contributed by atoms with van der Waals surface area (Å²) in [5, 5.41) is 1.43. The number of amides is 1. The van der Waals surface area contributed by atoms with Crippen LogP contribution in [0.3, 0.4) is 0 Å². The number of hydrogen-bond acceptors (Lipinski definition) is 3. The predicted octanol–water partition coefficient (Wildman–Crippen LogP) is 3.59. The number of hydrogen-bond donors (Lipinski definition) is 1. The molecule has 1 aliphatic heterocycles. The van der Waals surface area contributed by atoms with Gasteiger partial charge in [0.2, 0.25) is 0 Å². The molecule has 1 aromatic carbocycles. The Hall–Kier alpha value is -0.320. The van der Waals surface area contributed by atoms with Gasteiger partial charge in [-0.25, -0.2) is 0 Å². The van der Waals surface area contributed by atoms with E-state index in [4.69, 9.17) is 11.6 Å². The highest BCUT2D eigenvalue weighted by atomic mass is 35.5. The normalized spacial score (nSPS) is 24.1. The summed E-state index contributed by atoms with van der Waals surface area (Å²) in [4.78, 5) is 15.1. The second kappa shape index (κ2) is 5.76. The number of rotatable bonds is 1. The Bertz CT molecular complexity index is 456. The molecule has 0 aromatic heterocycles. The minimum absolute atomic E-state index is 0.00917. The lowest BCUT2D eigenvalue weighted by Crippen LogP contribution is -2.44. The Morgan fingerprint density at radius 2 is 2.00 bits per heavy atom. The molecule has 2 rings (SSSR count). The highest BCUT2D eigenvalue weighted by Crippen LogP contribution is 2.28. The van der Waals surface area contributed by atoms with Crippen LogP contribution in [0.5, 0.6) is 0 Å². The summed E-state index contributed by atoms with van der Waals surface area (Å²) in [6, 6.07) is 5.26. The molecular formula is C13H16ClNOS2. The van der Waals surface area contributed by atoms with Gasteiger partial charge in [0.25, 0.3) is 5.91 Å². The van der Waals surface area contributed by atoms with E-state index in [1.807, 2.05) is 16.7 Å². The highest BCUT2D eigenvalue weighted by Gasteiger charge is 2.27. The van der Waals surface area contributed by atoms with Gasteiger partial charge in [-0.15, -0.1) is 12.6 Å². The van der Waals surface area contributed by atoms with Crippen LogP contribution in [-0.2, 0) is 0 Å². The molecule has 2 unspecified atom stereocenters. The summed E-state index contributed by atoms with van der Waals surface area (Å²) < 4.78 is 0. The van der Waals surface area contributed by atoms with E-state index in [1.54, 1.807) is 18.2 Å². The average Bonchev–Trinajstić information content (AvgIpc) is 2.30. The van der Waals surface area contributed by atoms with Crippen LogP contribution in [0.15, 0.2) is 23.1 Å². The molecule has 1 saturated heterocycles. The second-order valence-electron chi connectivity index (χ2n) is 4.63. The van der Waals surface area contributed by atoms with E-state index in [-0.39, 0.29) is 5.91 Å². The van der Waals surface area contributed by atoms with Crippen LogP contribution >= 0.6 is 36.0 Å². The molecule has 0 N–H and O–H groups in total. The molecule has 1 fully saturated rings. The van der Waals surface area contributed by atoms with Gasteiger partial charge in [-0.2, -0.15) is 11.8 Å². The molecule has 1 amide bonds. The van der Waals surface area contributed by atoms with Gasteiger partial charge in [0.1, 0.15) is 0 Å². The summed E-state index contributed by atoms with van der Waals surface area (Å²) in [6.07, 6.45) is 0. The number of carbonyl (C=O) groups is 1. The van der Waals surface area contributed by atoms with Gasteiger partial charge in [-0.05, 0) is 18.2 Å². The molecule has 0 spiro atoms. The second-order valence-corrected chi connectivity index (χ2v) is 7.44. The Labute approximate surface area is 122 Å². The van der Waals surface area contributed by atoms with Crippen LogP contribution < -0.4 is 0 Å². The Morgan fingerprint density at radius 1 is 1.39 bits per heavy atom. The lowest BCUT2D eigenvalue weighted by atomic mass is 10.2. The monoisotopic (exact) mass is 301 g/mol. The highest BCUT2D eigenvalue weighted by molar-refractivity contribution is 8.00. The number of halogens is 1. The zero-order valence-electron chi connectivity index (χ0n) is 10.4. The standard InChI is InChI=1S/C13H16ClNOS2/c1-8-6-15(7-9(2)18-8)13(16)11-5-10(17)3-4-12(11)14/h3-5,8-9,17H,6-7H2,1-2H3. The van der Waals surface area contributed by atoms with E-state index >= 15 is 0 Å². The first-order chi connectivity index (χ1) is 8.47. The number of benzene rings is 1. The van der Waals surface area contributed by atoms with Crippen molar-refractivity contribution in [3.63, 3.8) is 0 Å². The number of nitrogens with zero attached hydrogens (tertiary/aromatic N) is 1. The third kappa shape index (κ3) is 3.16. The fourth-order valence-corrected chi connectivity index (χ4v) is 3.92. The summed E-state index contributed by atoms with van der Waals surface area (Å²) in [6.45, 7) is 5.86. The first-order valence-electron chi connectivity index (χ1n) is 5.90.